The summed E-state index contributed by atoms with van der Waals surface area (Å²) < 4.78 is 1.87. The first-order valence-corrected chi connectivity index (χ1v) is 6.75. The van der Waals surface area contributed by atoms with E-state index in [-0.39, 0.29) is 5.41 Å². The highest BCUT2D eigenvalue weighted by Crippen LogP contribution is 2.27. The summed E-state index contributed by atoms with van der Waals surface area (Å²) in [5, 5.41) is 17.8. The highest BCUT2D eigenvalue weighted by molar-refractivity contribution is 7.15. The normalized spacial score (nSPS) is 11.8. The summed E-state index contributed by atoms with van der Waals surface area (Å²) in [6.07, 6.45) is 1.88. The highest BCUT2D eigenvalue weighted by Gasteiger charge is 2.19. The zero-order chi connectivity index (χ0) is 13.3. The number of aryl methyl sites for hydroxylation is 1. The Morgan fingerprint density at radius 2 is 2.06 bits per heavy atom. The molecule has 0 aliphatic heterocycles. The van der Waals surface area contributed by atoms with Crippen molar-refractivity contribution in [1.82, 2.24) is 20.0 Å². The lowest BCUT2D eigenvalue weighted by atomic mass is 9.98. The van der Waals surface area contributed by atoms with Crippen LogP contribution in [0.15, 0.2) is 6.20 Å². The van der Waals surface area contributed by atoms with Crippen molar-refractivity contribution in [2.24, 2.45) is 7.05 Å². The quantitative estimate of drug-likeness (QED) is 0.926. The van der Waals surface area contributed by atoms with Gasteiger partial charge < -0.3 is 5.32 Å². The van der Waals surface area contributed by atoms with E-state index in [9.17, 15) is 0 Å². The predicted octanol–water partition coefficient (Wildman–Crippen LogP) is 2.49. The van der Waals surface area contributed by atoms with Crippen LogP contribution in [0.3, 0.4) is 0 Å². The van der Waals surface area contributed by atoms with Gasteiger partial charge in [0.25, 0.3) is 0 Å². The third kappa shape index (κ3) is 2.69. The maximum atomic E-state index is 4.22. The molecular weight excluding hydrogens is 246 g/mol. The molecule has 0 aliphatic carbocycles. The summed E-state index contributed by atoms with van der Waals surface area (Å²) in [7, 11) is 1.95. The van der Waals surface area contributed by atoms with Crippen LogP contribution < -0.4 is 5.32 Å². The predicted molar refractivity (Wildman–Crippen MR) is 73.9 cm³/mol. The fourth-order valence-corrected chi connectivity index (χ4v) is 2.28. The van der Waals surface area contributed by atoms with Gasteiger partial charge in [-0.3, -0.25) is 4.68 Å². The molecule has 0 amide bonds. The van der Waals surface area contributed by atoms with Gasteiger partial charge in [0.15, 0.2) is 0 Å². The molecule has 2 heterocycles. The lowest BCUT2D eigenvalue weighted by Crippen LogP contribution is -2.10. The molecule has 2 aromatic heterocycles. The zero-order valence-electron chi connectivity index (χ0n) is 11.5. The van der Waals surface area contributed by atoms with E-state index in [0.29, 0.717) is 0 Å². The van der Waals surface area contributed by atoms with Crippen LogP contribution in [0.4, 0.5) is 5.13 Å². The number of anilines is 1. The Hall–Kier alpha value is -1.43. The molecule has 0 aliphatic rings. The molecule has 0 radical (unpaired) electrons. The molecule has 0 unspecified atom stereocenters. The lowest BCUT2D eigenvalue weighted by Gasteiger charge is -2.12. The topological polar surface area (TPSA) is 55.6 Å². The van der Waals surface area contributed by atoms with Crippen LogP contribution in [-0.2, 0) is 19.0 Å². The Balaban J connectivity index is 2.03. The fourth-order valence-electron chi connectivity index (χ4n) is 1.49. The van der Waals surface area contributed by atoms with Crippen molar-refractivity contribution in [2.75, 3.05) is 5.32 Å². The van der Waals surface area contributed by atoms with Gasteiger partial charge in [0, 0.05) is 30.3 Å². The van der Waals surface area contributed by atoms with Gasteiger partial charge in [-0.15, -0.1) is 10.2 Å². The van der Waals surface area contributed by atoms with Gasteiger partial charge in [-0.1, -0.05) is 32.1 Å². The number of hydrogen-bond donors (Lipinski definition) is 1. The van der Waals surface area contributed by atoms with Crippen LogP contribution in [0, 0.1) is 6.92 Å². The number of nitrogens with zero attached hydrogens (tertiary/aromatic N) is 4. The average molecular weight is 265 g/mol. The largest absolute Gasteiger partial charge is 0.356 e. The maximum Gasteiger partial charge on any atom is 0.205 e. The molecule has 5 nitrogen and oxygen atoms in total. The van der Waals surface area contributed by atoms with Crippen LogP contribution in [0.5, 0.6) is 0 Å². The van der Waals surface area contributed by atoms with Gasteiger partial charge in [-0.25, -0.2) is 0 Å². The third-order valence-corrected chi connectivity index (χ3v) is 4.14. The Labute approximate surface area is 111 Å². The molecule has 2 rings (SSSR count). The third-order valence-electron chi connectivity index (χ3n) is 2.83. The van der Waals surface area contributed by atoms with Crippen LogP contribution in [0.2, 0.25) is 0 Å². The van der Waals surface area contributed by atoms with E-state index >= 15 is 0 Å². The van der Waals surface area contributed by atoms with Crippen molar-refractivity contribution < 1.29 is 0 Å². The molecular formula is C12H19N5S. The first kappa shape index (κ1) is 13.0. The molecule has 0 bridgehead atoms. The summed E-state index contributed by atoms with van der Waals surface area (Å²) in [6, 6.07) is 0. The Bertz CT molecular complexity index is 535. The summed E-state index contributed by atoms with van der Waals surface area (Å²) in [4.78, 5) is 0. The van der Waals surface area contributed by atoms with Crippen molar-refractivity contribution in [1.29, 1.82) is 0 Å². The molecule has 0 spiro atoms. The minimum atomic E-state index is 0.0574. The molecule has 1 N–H and O–H groups in total. The van der Waals surface area contributed by atoms with E-state index in [4.69, 9.17) is 0 Å². The fraction of sp³-hybridized carbons (Fsp3) is 0.583. The van der Waals surface area contributed by atoms with Gasteiger partial charge in [-0.05, 0) is 6.92 Å². The second-order valence-corrected chi connectivity index (χ2v) is 6.37. The van der Waals surface area contributed by atoms with Crippen molar-refractivity contribution in [2.45, 2.75) is 39.7 Å². The van der Waals surface area contributed by atoms with Crippen LogP contribution in [0.25, 0.3) is 0 Å². The lowest BCUT2D eigenvalue weighted by molar-refractivity contribution is 0.578. The minimum Gasteiger partial charge on any atom is -0.356 e. The van der Waals surface area contributed by atoms with Crippen molar-refractivity contribution in [3.05, 3.63) is 22.5 Å². The summed E-state index contributed by atoms with van der Waals surface area (Å²) in [6.45, 7) is 9.22. The molecule has 0 fully saturated rings. The van der Waals surface area contributed by atoms with E-state index in [1.54, 1.807) is 11.3 Å². The van der Waals surface area contributed by atoms with Gasteiger partial charge >= 0.3 is 0 Å². The zero-order valence-corrected chi connectivity index (χ0v) is 12.3. The molecule has 0 saturated carbocycles. The monoisotopic (exact) mass is 265 g/mol. The van der Waals surface area contributed by atoms with Crippen molar-refractivity contribution in [3.8, 4) is 0 Å². The maximum absolute atomic E-state index is 4.22. The summed E-state index contributed by atoms with van der Waals surface area (Å²) in [5.41, 5.74) is 2.41. The highest BCUT2D eigenvalue weighted by atomic mass is 32.1. The molecule has 0 aromatic carbocycles. The van der Waals surface area contributed by atoms with Crippen molar-refractivity contribution in [3.63, 3.8) is 0 Å². The SMILES string of the molecule is Cc1c(CNc2nnc(C(C)(C)C)s2)cnn1C. The van der Waals surface area contributed by atoms with Gasteiger partial charge in [0.05, 0.1) is 6.20 Å². The second-order valence-electron chi connectivity index (χ2n) is 5.39. The first-order chi connectivity index (χ1) is 8.38. The number of hydrogen-bond acceptors (Lipinski definition) is 5. The van der Waals surface area contributed by atoms with Crippen molar-refractivity contribution >= 4 is 16.5 Å². The Morgan fingerprint density at radius 3 is 2.56 bits per heavy atom. The van der Waals surface area contributed by atoms with Crippen LogP contribution >= 0.6 is 11.3 Å². The smallest absolute Gasteiger partial charge is 0.205 e. The average Bonchev–Trinajstić information content (AvgIpc) is 2.86. The van der Waals surface area contributed by atoms with E-state index < -0.39 is 0 Å². The molecule has 2 aromatic rings. The Morgan fingerprint density at radius 1 is 1.33 bits per heavy atom. The summed E-state index contributed by atoms with van der Waals surface area (Å²) >= 11 is 1.61. The molecule has 98 valence electrons. The van der Waals surface area contributed by atoms with Gasteiger partial charge in [0.1, 0.15) is 5.01 Å². The van der Waals surface area contributed by atoms with E-state index in [2.05, 4.69) is 48.3 Å². The molecule has 18 heavy (non-hydrogen) atoms. The van der Waals surface area contributed by atoms with Gasteiger partial charge in [0.2, 0.25) is 5.13 Å². The number of nitrogens with one attached hydrogen (secondary N) is 1. The molecule has 0 atom stereocenters. The first-order valence-electron chi connectivity index (χ1n) is 5.93. The minimum absolute atomic E-state index is 0.0574. The van der Waals surface area contributed by atoms with Gasteiger partial charge in [-0.2, -0.15) is 5.10 Å². The molecule has 6 heteroatoms. The van der Waals surface area contributed by atoms with E-state index in [0.717, 1.165) is 16.7 Å². The van der Waals surface area contributed by atoms with Crippen LogP contribution in [-0.4, -0.2) is 20.0 Å². The number of rotatable bonds is 3. The standard InChI is InChI=1S/C12H19N5S/c1-8-9(7-14-17(8)5)6-13-11-16-15-10(18-11)12(2,3)4/h7H,6H2,1-5H3,(H,13,16). The second kappa shape index (κ2) is 4.68. The summed E-state index contributed by atoms with van der Waals surface area (Å²) in [5.74, 6) is 0. The molecule has 0 saturated heterocycles. The Kier molecular flexibility index (Phi) is 3.38. The van der Waals surface area contributed by atoms with E-state index in [1.165, 1.54) is 11.3 Å². The van der Waals surface area contributed by atoms with E-state index in [1.807, 2.05) is 17.9 Å². The van der Waals surface area contributed by atoms with Crippen LogP contribution in [0.1, 0.15) is 37.0 Å². The number of aromatic nitrogens is 4.